The fraction of sp³-hybridized carbons (Fsp3) is 0.400. The van der Waals surface area contributed by atoms with Gasteiger partial charge in [0.2, 0.25) is 11.9 Å². The summed E-state index contributed by atoms with van der Waals surface area (Å²) < 4.78 is 14.1. The largest absolute Gasteiger partial charge is 0.356 e. The third-order valence-electron chi connectivity index (χ3n) is 5.02. The SMILES string of the molecule is CC(=O)NCC1CN(C(=O)c2nc(NC(C)c3cncc(F)c3)nc3nc(C)sc23)C1. The number of likely N-dealkylation sites (tertiary alicyclic amines) is 1. The van der Waals surface area contributed by atoms with Gasteiger partial charge in [-0.15, -0.1) is 11.3 Å². The molecule has 4 heterocycles. The summed E-state index contributed by atoms with van der Waals surface area (Å²) in [5.74, 6) is -0.237. The van der Waals surface area contributed by atoms with Crippen LogP contribution < -0.4 is 10.6 Å². The first-order chi connectivity index (χ1) is 14.8. The second kappa shape index (κ2) is 8.50. The maximum atomic E-state index is 13.5. The number of carbonyl (C=O) groups excluding carboxylic acids is 2. The number of thiazole rings is 1. The molecular formula is C20H22FN7O2S. The average molecular weight is 444 g/mol. The van der Waals surface area contributed by atoms with Crippen molar-refractivity contribution in [1.29, 1.82) is 0 Å². The Bertz CT molecular complexity index is 1150. The van der Waals surface area contributed by atoms with Gasteiger partial charge in [-0.05, 0) is 25.5 Å². The third-order valence-corrected chi connectivity index (χ3v) is 5.99. The maximum Gasteiger partial charge on any atom is 0.274 e. The van der Waals surface area contributed by atoms with E-state index in [1.54, 1.807) is 11.1 Å². The van der Waals surface area contributed by atoms with Crippen LogP contribution in [0.3, 0.4) is 0 Å². The highest BCUT2D eigenvalue weighted by atomic mass is 32.1. The number of nitrogens with one attached hydrogen (secondary N) is 2. The number of halogens is 1. The molecule has 1 fully saturated rings. The average Bonchev–Trinajstić information content (AvgIpc) is 3.05. The lowest BCUT2D eigenvalue weighted by atomic mass is 9.99. The van der Waals surface area contributed by atoms with Gasteiger partial charge in [0.15, 0.2) is 11.3 Å². The molecule has 11 heteroatoms. The van der Waals surface area contributed by atoms with E-state index in [4.69, 9.17) is 0 Å². The molecule has 0 radical (unpaired) electrons. The van der Waals surface area contributed by atoms with Crippen molar-refractivity contribution in [2.45, 2.75) is 26.8 Å². The summed E-state index contributed by atoms with van der Waals surface area (Å²) in [6, 6.07) is 1.06. The van der Waals surface area contributed by atoms with Crippen molar-refractivity contribution in [3.63, 3.8) is 0 Å². The highest BCUT2D eigenvalue weighted by molar-refractivity contribution is 7.18. The number of hydrogen-bond acceptors (Lipinski definition) is 8. The zero-order valence-corrected chi connectivity index (χ0v) is 18.2. The minimum atomic E-state index is -0.430. The molecule has 1 aliphatic heterocycles. The lowest BCUT2D eigenvalue weighted by molar-refractivity contribution is -0.119. The number of rotatable bonds is 6. The Morgan fingerprint density at radius 2 is 2.06 bits per heavy atom. The number of hydrogen-bond donors (Lipinski definition) is 2. The van der Waals surface area contributed by atoms with E-state index in [9.17, 15) is 14.0 Å². The number of amides is 2. The molecule has 1 atom stereocenters. The van der Waals surface area contributed by atoms with Gasteiger partial charge in [0, 0.05) is 38.7 Å². The van der Waals surface area contributed by atoms with Gasteiger partial charge in [0.25, 0.3) is 5.91 Å². The molecule has 31 heavy (non-hydrogen) atoms. The van der Waals surface area contributed by atoms with Crippen LogP contribution in [0.5, 0.6) is 0 Å². The molecule has 0 spiro atoms. The van der Waals surface area contributed by atoms with Crippen LogP contribution in [0, 0.1) is 18.7 Å². The van der Waals surface area contributed by atoms with Crippen LogP contribution in [0.1, 0.15) is 40.9 Å². The predicted octanol–water partition coefficient (Wildman–Crippen LogP) is 2.31. The van der Waals surface area contributed by atoms with Crippen molar-refractivity contribution in [3.8, 4) is 0 Å². The summed E-state index contributed by atoms with van der Waals surface area (Å²) in [5, 5.41) is 6.68. The van der Waals surface area contributed by atoms with Crippen molar-refractivity contribution >= 4 is 39.4 Å². The Morgan fingerprint density at radius 1 is 1.29 bits per heavy atom. The van der Waals surface area contributed by atoms with Crippen molar-refractivity contribution in [1.82, 2.24) is 30.2 Å². The van der Waals surface area contributed by atoms with E-state index in [1.165, 1.54) is 24.3 Å². The molecule has 4 rings (SSSR count). The number of nitrogens with zero attached hydrogens (tertiary/aromatic N) is 5. The van der Waals surface area contributed by atoms with Crippen LogP contribution in [0.2, 0.25) is 0 Å². The van der Waals surface area contributed by atoms with E-state index in [-0.39, 0.29) is 29.7 Å². The molecule has 162 valence electrons. The number of carbonyl (C=O) groups is 2. The van der Waals surface area contributed by atoms with E-state index in [2.05, 4.69) is 30.6 Å². The molecule has 0 aromatic carbocycles. The van der Waals surface area contributed by atoms with Crippen LogP contribution >= 0.6 is 11.3 Å². The van der Waals surface area contributed by atoms with Crippen molar-refractivity contribution < 1.29 is 14.0 Å². The number of aromatic nitrogens is 4. The van der Waals surface area contributed by atoms with E-state index in [0.29, 0.717) is 41.2 Å². The number of aryl methyl sites for hydroxylation is 1. The predicted molar refractivity (Wildman–Crippen MR) is 114 cm³/mol. The summed E-state index contributed by atoms with van der Waals surface area (Å²) in [6.45, 7) is 6.80. The molecule has 3 aromatic rings. The Balaban J connectivity index is 1.55. The Morgan fingerprint density at radius 3 is 2.77 bits per heavy atom. The van der Waals surface area contributed by atoms with E-state index in [1.807, 2.05) is 13.8 Å². The summed E-state index contributed by atoms with van der Waals surface area (Å²) in [4.78, 5) is 43.1. The second-order valence-electron chi connectivity index (χ2n) is 7.60. The molecule has 0 aliphatic carbocycles. The fourth-order valence-corrected chi connectivity index (χ4v) is 4.22. The van der Waals surface area contributed by atoms with Gasteiger partial charge >= 0.3 is 0 Å². The second-order valence-corrected chi connectivity index (χ2v) is 8.80. The normalized spacial score (nSPS) is 14.9. The summed E-state index contributed by atoms with van der Waals surface area (Å²) in [7, 11) is 0. The highest BCUT2D eigenvalue weighted by Crippen LogP contribution is 2.28. The van der Waals surface area contributed by atoms with Crippen LogP contribution in [-0.2, 0) is 4.79 Å². The molecule has 0 saturated carbocycles. The summed E-state index contributed by atoms with van der Waals surface area (Å²) >= 11 is 1.37. The lowest BCUT2D eigenvalue weighted by Gasteiger charge is -2.39. The minimum absolute atomic E-state index is 0.0826. The zero-order chi connectivity index (χ0) is 22.1. The zero-order valence-electron chi connectivity index (χ0n) is 17.3. The van der Waals surface area contributed by atoms with E-state index < -0.39 is 5.82 Å². The Hall–Kier alpha value is -3.21. The van der Waals surface area contributed by atoms with E-state index >= 15 is 0 Å². The van der Waals surface area contributed by atoms with Crippen LogP contribution in [-0.4, -0.2) is 56.3 Å². The standard InChI is InChI=1S/C20H22FN7O2S/c1-10(14-4-15(21)7-22-6-14)24-20-26-16(17-18(27-20)25-12(3)31-17)19(30)28-8-13(9-28)5-23-11(2)29/h4,6-7,10,13H,5,8-9H2,1-3H3,(H,23,29)(H,24,26,27). The van der Waals surface area contributed by atoms with Crippen LogP contribution in [0.25, 0.3) is 10.3 Å². The first kappa shape index (κ1) is 21.0. The molecular weight excluding hydrogens is 421 g/mol. The third kappa shape index (κ3) is 4.61. The van der Waals surface area contributed by atoms with Gasteiger partial charge < -0.3 is 15.5 Å². The minimum Gasteiger partial charge on any atom is -0.356 e. The summed E-state index contributed by atoms with van der Waals surface area (Å²) in [6.07, 6.45) is 2.70. The molecule has 1 unspecified atom stereocenters. The van der Waals surface area contributed by atoms with E-state index in [0.717, 1.165) is 11.2 Å². The van der Waals surface area contributed by atoms with Crippen LogP contribution in [0.4, 0.5) is 10.3 Å². The van der Waals surface area contributed by atoms with Gasteiger partial charge in [-0.1, -0.05) is 0 Å². The van der Waals surface area contributed by atoms with Gasteiger partial charge in [0.1, 0.15) is 10.5 Å². The van der Waals surface area contributed by atoms with Crippen LogP contribution in [0.15, 0.2) is 18.5 Å². The Labute approximate surface area is 182 Å². The smallest absolute Gasteiger partial charge is 0.274 e. The van der Waals surface area contributed by atoms with Crippen molar-refractivity contribution in [2.24, 2.45) is 5.92 Å². The fourth-order valence-electron chi connectivity index (χ4n) is 3.38. The maximum absolute atomic E-state index is 13.5. The van der Waals surface area contributed by atoms with Gasteiger partial charge in [-0.3, -0.25) is 14.6 Å². The molecule has 1 saturated heterocycles. The molecule has 2 amide bonds. The van der Waals surface area contributed by atoms with Gasteiger partial charge in [-0.25, -0.2) is 14.4 Å². The topological polar surface area (TPSA) is 113 Å². The lowest BCUT2D eigenvalue weighted by Crippen LogP contribution is -2.53. The molecule has 1 aliphatic rings. The van der Waals surface area contributed by atoms with Crippen molar-refractivity contribution in [3.05, 3.63) is 40.5 Å². The first-order valence-electron chi connectivity index (χ1n) is 9.86. The number of pyridine rings is 1. The molecule has 0 bridgehead atoms. The van der Waals surface area contributed by atoms with Gasteiger partial charge in [-0.2, -0.15) is 4.98 Å². The molecule has 9 nitrogen and oxygen atoms in total. The van der Waals surface area contributed by atoms with Crippen molar-refractivity contribution in [2.75, 3.05) is 25.0 Å². The number of fused-ring (bicyclic) bond motifs is 1. The monoisotopic (exact) mass is 443 g/mol. The van der Waals surface area contributed by atoms with Gasteiger partial charge in [0.05, 0.1) is 17.2 Å². The first-order valence-corrected chi connectivity index (χ1v) is 10.7. The Kier molecular flexibility index (Phi) is 5.77. The molecule has 3 aromatic heterocycles. The highest BCUT2D eigenvalue weighted by Gasteiger charge is 2.33. The number of anilines is 1. The summed E-state index contributed by atoms with van der Waals surface area (Å²) in [5.41, 5.74) is 1.37. The quantitative estimate of drug-likeness (QED) is 0.601. The molecule has 2 N–H and O–H groups in total.